The predicted octanol–water partition coefficient (Wildman–Crippen LogP) is 5.05. The molecule has 0 saturated carbocycles. The van der Waals surface area contributed by atoms with Gasteiger partial charge in [0, 0.05) is 4.47 Å². The lowest BCUT2D eigenvalue weighted by atomic mass is 9.85. The third kappa shape index (κ3) is 5.71. The summed E-state index contributed by atoms with van der Waals surface area (Å²) in [5.74, 6) is -0.787. The van der Waals surface area contributed by atoms with Crippen LogP contribution in [0.4, 0.5) is 0 Å². The van der Waals surface area contributed by atoms with Crippen LogP contribution in [0.25, 0.3) is 0 Å². The fourth-order valence-electron chi connectivity index (χ4n) is 3.44. The maximum absolute atomic E-state index is 13.1. The van der Waals surface area contributed by atoms with Gasteiger partial charge in [-0.2, -0.15) is 5.10 Å². The van der Waals surface area contributed by atoms with E-state index in [-0.39, 0.29) is 0 Å². The maximum Gasteiger partial charge on any atom is 0.343 e. The van der Waals surface area contributed by atoms with E-state index in [2.05, 4.69) is 26.5 Å². The first kappa shape index (κ1) is 24.1. The monoisotopic (exact) mass is 528 g/mol. The second-order valence-corrected chi connectivity index (χ2v) is 8.53. The minimum atomic E-state index is -1.91. The molecule has 0 aromatic heterocycles. The second-order valence-electron chi connectivity index (χ2n) is 7.61. The summed E-state index contributed by atoms with van der Waals surface area (Å²) in [7, 11) is 0. The SMILES string of the molecule is O=C(Oc1ccc(/C=N\NC(=O)C(O)(c2ccccc2)c2ccccc2)cc1)c1cccc(Br)c1. The Kier molecular flexibility index (Phi) is 7.50. The van der Waals surface area contributed by atoms with E-state index < -0.39 is 17.5 Å². The maximum atomic E-state index is 13.1. The molecule has 0 unspecified atom stereocenters. The molecule has 7 heteroatoms. The highest BCUT2D eigenvalue weighted by atomic mass is 79.9. The van der Waals surface area contributed by atoms with Gasteiger partial charge in [0.1, 0.15) is 5.75 Å². The van der Waals surface area contributed by atoms with Crippen LogP contribution >= 0.6 is 15.9 Å². The molecule has 4 rings (SSSR count). The lowest BCUT2D eigenvalue weighted by Crippen LogP contribution is -2.43. The molecule has 0 fully saturated rings. The summed E-state index contributed by atoms with van der Waals surface area (Å²) in [5, 5.41) is 15.4. The zero-order valence-electron chi connectivity index (χ0n) is 18.5. The number of benzene rings is 4. The first-order chi connectivity index (χ1) is 17.0. The minimum absolute atomic E-state index is 0.374. The summed E-state index contributed by atoms with van der Waals surface area (Å²) in [5.41, 5.74) is 2.46. The number of nitrogens with one attached hydrogen (secondary N) is 1. The van der Waals surface area contributed by atoms with Gasteiger partial charge in [0.25, 0.3) is 5.91 Å². The number of hydrogen-bond donors (Lipinski definition) is 2. The number of hydrogen-bond acceptors (Lipinski definition) is 5. The average Bonchev–Trinajstić information content (AvgIpc) is 2.90. The Labute approximate surface area is 211 Å². The molecule has 2 N–H and O–H groups in total. The van der Waals surface area contributed by atoms with E-state index in [1.165, 1.54) is 6.21 Å². The van der Waals surface area contributed by atoms with Crippen molar-refractivity contribution in [3.63, 3.8) is 0 Å². The summed E-state index contributed by atoms with van der Waals surface area (Å²) >= 11 is 3.33. The van der Waals surface area contributed by atoms with E-state index in [0.717, 1.165) is 4.47 Å². The fourth-order valence-corrected chi connectivity index (χ4v) is 3.84. The van der Waals surface area contributed by atoms with Crippen molar-refractivity contribution in [2.75, 3.05) is 0 Å². The normalized spacial score (nSPS) is 11.3. The Balaban J connectivity index is 1.44. The van der Waals surface area contributed by atoms with Crippen molar-refractivity contribution in [1.82, 2.24) is 5.43 Å². The van der Waals surface area contributed by atoms with Crippen LogP contribution in [0.2, 0.25) is 0 Å². The minimum Gasteiger partial charge on any atom is -0.423 e. The first-order valence-corrected chi connectivity index (χ1v) is 11.5. The van der Waals surface area contributed by atoms with Crippen LogP contribution in [0.1, 0.15) is 27.0 Å². The largest absolute Gasteiger partial charge is 0.423 e. The van der Waals surface area contributed by atoms with E-state index in [0.29, 0.717) is 28.0 Å². The molecule has 0 bridgehead atoms. The van der Waals surface area contributed by atoms with Crippen molar-refractivity contribution < 1.29 is 19.4 Å². The Morgan fingerprint density at radius 2 is 1.43 bits per heavy atom. The van der Waals surface area contributed by atoms with Gasteiger partial charge in [-0.15, -0.1) is 0 Å². The van der Waals surface area contributed by atoms with Gasteiger partial charge in [0.15, 0.2) is 5.60 Å². The topological polar surface area (TPSA) is 88.0 Å². The number of esters is 1. The average molecular weight is 529 g/mol. The molecule has 0 aliphatic rings. The molecule has 1 amide bonds. The third-order valence-electron chi connectivity index (χ3n) is 5.24. The molecule has 6 nitrogen and oxygen atoms in total. The molecule has 0 aliphatic heterocycles. The van der Waals surface area contributed by atoms with Crippen LogP contribution in [0.15, 0.2) is 119 Å². The highest BCUT2D eigenvalue weighted by Gasteiger charge is 2.39. The van der Waals surface area contributed by atoms with Gasteiger partial charge in [-0.25, -0.2) is 10.2 Å². The van der Waals surface area contributed by atoms with E-state index in [4.69, 9.17) is 4.74 Å². The van der Waals surface area contributed by atoms with Gasteiger partial charge >= 0.3 is 5.97 Å². The van der Waals surface area contributed by atoms with Gasteiger partial charge in [-0.1, -0.05) is 82.7 Å². The van der Waals surface area contributed by atoms with E-state index in [1.807, 2.05) is 18.2 Å². The standard InChI is InChI=1S/C28H21BrN2O4/c29-24-13-7-8-21(18-24)26(32)35-25-16-14-20(15-17-25)19-30-31-27(33)28(34,22-9-3-1-4-10-22)23-11-5-2-6-12-23/h1-19,34H,(H,31,33)/b30-19-. The Hall–Kier alpha value is -4.07. The molecular weight excluding hydrogens is 508 g/mol. The summed E-state index contributed by atoms with van der Waals surface area (Å²) in [4.78, 5) is 25.3. The first-order valence-electron chi connectivity index (χ1n) is 10.7. The van der Waals surface area contributed by atoms with Crippen LogP contribution < -0.4 is 10.2 Å². The molecule has 0 heterocycles. The predicted molar refractivity (Wildman–Crippen MR) is 137 cm³/mol. The van der Waals surface area contributed by atoms with E-state index in [9.17, 15) is 14.7 Å². The number of hydrazone groups is 1. The molecule has 0 radical (unpaired) electrons. The molecule has 4 aromatic rings. The van der Waals surface area contributed by atoms with Gasteiger partial charge in [0.05, 0.1) is 11.8 Å². The number of halogens is 1. The lowest BCUT2D eigenvalue weighted by molar-refractivity contribution is -0.136. The van der Waals surface area contributed by atoms with Crippen LogP contribution in [0, 0.1) is 0 Å². The molecule has 0 aliphatic carbocycles. The number of aliphatic hydroxyl groups is 1. The Bertz CT molecular complexity index is 1300. The van der Waals surface area contributed by atoms with Crippen LogP contribution in [0.5, 0.6) is 5.75 Å². The van der Waals surface area contributed by atoms with E-state index in [1.54, 1.807) is 91.0 Å². The van der Waals surface area contributed by atoms with Crippen molar-refractivity contribution in [1.29, 1.82) is 0 Å². The number of rotatable bonds is 7. The van der Waals surface area contributed by atoms with Crippen molar-refractivity contribution in [2.45, 2.75) is 5.60 Å². The van der Waals surface area contributed by atoms with Gasteiger partial charge in [-0.3, -0.25) is 4.79 Å². The Morgan fingerprint density at radius 1 is 0.829 bits per heavy atom. The summed E-state index contributed by atoms with van der Waals surface area (Å²) in [6.45, 7) is 0. The van der Waals surface area contributed by atoms with Gasteiger partial charge in [0.2, 0.25) is 0 Å². The zero-order chi connectivity index (χ0) is 24.7. The fraction of sp³-hybridized carbons (Fsp3) is 0.0357. The number of amides is 1. The molecule has 0 spiro atoms. The smallest absolute Gasteiger partial charge is 0.343 e. The molecule has 35 heavy (non-hydrogen) atoms. The summed E-state index contributed by atoms with van der Waals surface area (Å²) in [6, 6.07) is 31.0. The number of carbonyl (C=O) groups is 2. The quantitative estimate of drug-likeness (QED) is 0.152. The number of ether oxygens (including phenoxy) is 1. The second kappa shape index (κ2) is 10.9. The van der Waals surface area contributed by atoms with E-state index >= 15 is 0 Å². The van der Waals surface area contributed by atoms with Crippen molar-refractivity contribution in [3.8, 4) is 5.75 Å². The van der Waals surface area contributed by atoms with Gasteiger partial charge < -0.3 is 9.84 Å². The third-order valence-corrected chi connectivity index (χ3v) is 5.74. The van der Waals surface area contributed by atoms with Gasteiger partial charge in [-0.05, 0) is 59.2 Å². The summed E-state index contributed by atoms with van der Waals surface area (Å²) in [6.07, 6.45) is 1.44. The van der Waals surface area contributed by atoms with Crippen molar-refractivity contribution in [2.24, 2.45) is 5.10 Å². The number of carbonyl (C=O) groups excluding carboxylic acids is 2. The highest BCUT2D eigenvalue weighted by molar-refractivity contribution is 9.10. The summed E-state index contributed by atoms with van der Waals surface area (Å²) < 4.78 is 6.17. The molecule has 0 saturated heterocycles. The molecular formula is C28H21BrN2O4. The molecule has 174 valence electrons. The number of nitrogens with zero attached hydrogens (tertiary/aromatic N) is 1. The van der Waals surface area contributed by atoms with Crippen LogP contribution in [0.3, 0.4) is 0 Å². The molecule has 4 aromatic carbocycles. The highest BCUT2D eigenvalue weighted by Crippen LogP contribution is 2.29. The van der Waals surface area contributed by atoms with Crippen LogP contribution in [-0.2, 0) is 10.4 Å². The Morgan fingerprint density at radius 3 is 2.00 bits per heavy atom. The van der Waals surface area contributed by atoms with Crippen LogP contribution in [-0.4, -0.2) is 23.2 Å². The lowest BCUT2D eigenvalue weighted by Gasteiger charge is -2.27. The zero-order valence-corrected chi connectivity index (χ0v) is 20.1. The van der Waals surface area contributed by atoms with Crippen molar-refractivity contribution in [3.05, 3.63) is 136 Å². The molecule has 0 atom stereocenters. The van der Waals surface area contributed by atoms with Crippen molar-refractivity contribution >= 4 is 34.0 Å².